The Morgan fingerprint density at radius 1 is 0.939 bits per heavy atom. The number of alkyl halides is 2. The van der Waals surface area contributed by atoms with Gasteiger partial charge in [0.25, 0.3) is 0 Å². The average molecular weight is 451 g/mol. The van der Waals surface area contributed by atoms with Crippen LogP contribution < -0.4 is 9.47 Å². The topological polar surface area (TPSA) is 79.5 Å². The molecule has 3 aromatic carbocycles. The van der Waals surface area contributed by atoms with Crippen LogP contribution in [-0.2, 0) is 4.79 Å². The van der Waals surface area contributed by atoms with Crippen molar-refractivity contribution in [2.45, 2.75) is 31.8 Å². The zero-order valence-corrected chi connectivity index (χ0v) is 17.9. The first kappa shape index (κ1) is 23.7. The second kappa shape index (κ2) is 11.1. The number of para-hydroxylation sites is 1. The van der Waals surface area contributed by atoms with Crippen LogP contribution in [0.15, 0.2) is 78.9 Å². The minimum Gasteiger partial charge on any atom is -0.481 e. The molecule has 3 atom stereocenters. The van der Waals surface area contributed by atoms with E-state index in [2.05, 4.69) is 10.8 Å². The zero-order valence-electron chi connectivity index (χ0n) is 17.9. The Kier molecular flexibility index (Phi) is 7.98. The van der Waals surface area contributed by atoms with Crippen LogP contribution in [0.5, 0.6) is 17.2 Å². The Morgan fingerprint density at radius 2 is 1.61 bits per heavy atom. The molecular formula is C26H23F2NO4. The van der Waals surface area contributed by atoms with Crippen molar-refractivity contribution in [1.82, 2.24) is 0 Å². The summed E-state index contributed by atoms with van der Waals surface area (Å²) in [7, 11) is 0. The Labute approximate surface area is 190 Å². The lowest BCUT2D eigenvalue weighted by atomic mass is 9.80. The number of carbonyl (C=O) groups is 1. The zero-order chi connectivity index (χ0) is 23.8. The summed E-state index contributed by atoms with van der Waals surface area (Å²) in [6.45, 7) is -1.19. The van der Waals surface area contributed by atoms with Crippen LogP contribution in [0, 0.1) is 17.2 Å². The van der Waals surface area contributed by atoms with E-state index in [0.29, 0.717) is 17.1 Å². The molecule has 2 unspecified atom stereocenters. The van der Waals surface area contributed by atoms with E-state index in [-0.39, 0.29) is 12.2 Å². The maximum absolute atomic E-state index is 12.4. The molecule has 0 spiro atoms. The Morgan fingerprint density at radius 3 is 2.21 bits per heavy atom. The number of ether oxygens (including phenoxy) is 2. The number of carboxylic acid groups (broad SMARTS) is 1. The van der Waals surface area contributed by atoms with E-state index in [0.717, 1.165) is 5.56 Å². The molecule has 0 aromatic heterocycles. The summed E-state index contributed by atoms with van der Waals surface area (Å²) in [4.78, 5) is 12.0. The van der Waals surface area contributed by atoms with Gasteiger partial charge in [-0.2, -0.15) is 14.0 Å². The van der Waals surface area contributed by atoms with Crippen LogP contribution in [0.2, 0.25) is 0 Å². The Hall–Kier alpha value is -3.92. The fraction of sp³-hybridized carbons (Fsp3) is 0.231. The first-order valence-corrected chi connectivity index (χ1v) is 10.4. The SMILES string of the molecule is CC(C[C@@H](C#N)c1cccc(Oc2ccccc2)c1)C(C(=O)O)c1ccc(OC(F)F)cc1. The summed E-state index contributed by atoms with van der Waals surface area (Å²) in [6, 6.07) is 24.2. The molecule has 0 aliphatic rings. The number of hydrogen-bond donors (Lipinski definition) is 1. The molecule has 0 heterocycles. The molecular weight excluding hydrogens is 428 g/mol. The van der Waals surface area contributed by atoms with Gasteiger partial charge in [0.05, 0.1) is 17.9 Å². The molecule has 5 nitrogen and oxygen atoms in total. The third-order valence-corrected chi connectivity index (χ3v) is 5.30. The van der Waals surface area contributed by atoms with Crippen LogP contribution in [0.4, 0.5) is 8.78 Å². The number of nitriles is 1. The smallest absolute Gasteiger partial charge is 0.387 e. The van der Waals surface area contributed by atoms with Crippen molar-refractivity contribution in [3.8, 4) is 23.3 Å². The Balaban J connectivity index is 1.76. The van der Waals surface area contributed by atoms with E-state index in [4.69, 9.17) is 4.74 Å². The molecule has 0 fully saturated rings. The van der Waals surface area contributed by atoms with Gasteiger partial charge in [-0.15, -0.1) is 0 Å². The average Bonchev–Trinajstić information content (AvgIpc) is 2.79. The van der Waals surface area contributed by atoms with Gasteiger partial charge in [0.2, 0.25) is 0 Å². The van der Waals surface area contributed by atoms with Crippen LogP contribution in [0.25, 0.3) is 0 Å². The summed E-state index contributed by atoms with van der Waals surface area (Å²) in [6.07, 6.45) is 0.289. The van der Waals surface area contributed by atoms with Crippen LogP contribution in [0.1, 0.15) is 36.3 Å². The minimum absolute atomic E-state index is 0.0457. The van der Waals surface area contributed by atoms with Crippen molar-refractivity contribution in [3.63, 3.8) is 0 Å². The number of carboxylic acids is 1. The monoisotopic (exact) mass is 451 g/mol. The molecule has 7 heteroatoms. The van der Waals surface area contributed by atoms with Crippen molar-refractivity contribution >= 4 is 5.97 Å². The molecule has 1 N–H and O–H groups in total. The second-order valence-corrected chi connectivity index (χ2v) is 7.65. The van der Waals surface area contributed by atoms with E-state index >= 15 is 0 Å². The Bertz CT molecular complexity index is 1100. The fourth-order valence-electron chi connectivity index (χ4n) is 3.76. The molecule has 0 radical (unpaired) electrons. The molecule has 3 rings (SSSR count). The van der Waals surface area contributed by atoms with Gasteiger partial charge in [0.15, 0.2) is 0 Å². The number of benzene rings is 3. The summed E-state index contributed by atoms with van der Waals surface area (Å²) >= 11 is 0. The van der Waals surface area contributed by atoms with Crippen LogP contribution in [0.3, 0.4) is 0 Å². The van der Waals surface area contributed by atoms with E-state index in [9.17, 15) is 23.9 Å². The minimum atomic E-state index is -2.96. The highest BCUT2D eigenvalue weighted by Gasteiger charge is 2.29. The lowest BCUT2D eigenvalue weighted by Crippen LogP contribution is -2.21. The number of hydrogen-bond acceptors (Lipinski definition) is 4. The highest BCUT2D eigenvalue weighted by atomic mass is 19.3. The molecule has 0 saturated carbocycles. The third-order valence-electron chi connectivity index (χ3n) is 5.30. The number of rotatable bonds is 10. The summed E-state index contributed by atoms with van der Waals surface area (Å²) in [5.41, 5.74) is 1.18. The lowest BCUT2D eigenvalue weighted by molar-refractivity contribution is -0.140. The standard InChI is InChI=1S/C26H23F2NO4/c1-17(24(25(30)31)18-10-12-22(13-11-18)33-26(27)28)14-20(16-29)19-6-5-9-23(15-19)32-21-7-3-2-4-8-21/h2-13,15,17,20,24,26H,14H2,1H3,(H,30,31)/t17?,20-,24?/m0/s1. The van der Waals surface area contributed by atoms with E-state index in [1.165, 1.54) is 24.3 Å². The van der Waals surface area contributed by atoms with Gasteiger partial charge >= 0.3 is 12.6 Å². The predicted octanol–water partition coefficient (Wildman–Crippen LogP) is 6.58. The molecule has 0 aliphatic carbocycles. The molecule has 0 amide bonds. The maximum atomic E-state index is 12.4. The van der Waals surface area contributed by atoms with E-state index < -0.39 is 30.3 Å². The van der Waals surface area contributed by atoms with Crippen molar-refractivity contribution in [3.05, 3.63) is 90.0 Å². The quantitative estimate of drug-likeness (QED) is 0.377. The normalized spacial score (nSPS) is 13.5. The number of halogens is 2. The van der Waals surface area contributed by atoms with Crippen molar-refractivity contribution in [2.75, 3.05) is 0 Å². The summed E-state index contributed by atoms with van der Waals surface area (Å²) < 4.78 is 34.9. The van der Waals surface area contributed by atoms with Gasteiger partial charge in [-0.25, -0.2) is 0 Å². The van der Waals surface area contributed by atoms with Gasteiger partial charge in [0.1, 0.15) is 17.2 Å². The molecule has 0 saturated heterocycles. The highest BCUT2D eigenvalue weighted by Crippen LogP contribution is 2.35. The van der Waals surface area contributed by atoms with Gasteiger partial charge in [-0.3, -0.25) is 4.79 Å². The fourth-order valence-corrected chi connectivity index (χ4v) is 3.76. The van der Waals surface area contributed by atoms with Crippen LogP contribution >= 0.6 is 0 Å². The third kappa shape index (κ3) is 6.53. The molecule has 3 aromatic rings. The van der Waals surface area contributed by atoms with Gasteiger partial charge in [-0.1, -0.05) is 49.4 Å². The first-order valence-electron chi connectivity index (χ1n) is 10.4. The maximum Gasteiger partial charge on any atom is 0.387 e. The summed E-state index contributed by atoms with van der Waals surface area (Å²) in [5.74, 6) is -1.73. The molecule has 170 valence electrons. The highest BCUT2D eigenvalue weighted by molar-refractivity contribution is 5.76. The van der Waals surface area contributed by atoms with Gasteiger partial charge in [0, 0.05) is 0 Å². The molecule has 33 heavy (non-hydrogen) atoms. The first-order chi connectivity index (χ1) is 15.9. The van der Waals surface area contributed by atoms with E-state index in [1.807, 2.05) is 36.4 Å². The van der Waals surface area contributed by atoms with Crippen molar-refractivity contribution in [1.29, 1.82) is 5.26 Å². The van der Waals surface area contributed by atoms with Crippen molar-refractivity contribution < 1.29 is 28.2 Å². The van der Waals surface area contributed by atoms with Gasteiger partial charge < -0.3 is 14.6 Å². The van der Waals surface area contributed by atoms with Crippen LogP contribution in [-0.4, -0.2) is 17.7 Å². The number of nitrogens with zero attached hydrogens (tertiary/aromatic N) is 1. The van der Waals surface area contributed by atoms with Gasteiger partial charge in [-0.05, 0) is 59.9 Å². The lowest BCUT2D eigenvalue weighted by Gasteiger charge is -2.23. The number of aliphatic carboxylic acids is 1. The second-order valence-electron chi connectivity index (χ2n) is 7.65. The van der Waals surface area contributed by atoms with Crippen molar-refractivity contribution in [2.24, 2.45) is 5.92 Å². The summed E-state index contributed by atoms with van der Waals surface area (Å²) in [5, 5.41) is 19.6. The molecule has 0 aliphatic heterocycles. The predicted molar refractivity (Wildman–Crippen MR) is 119 cm³/mol. The van der Waals surface area contributed by atoms with E-state index in [1.54, 1.807) is 25.1 Å². The largest absolute Gasteiger partial charge is 0.481 e. The molecule has 0 bridgehead atoms.